The van der Waals surface area contributed by atoms with Gasteiger partial charge in [0.25, 0.3) is 0 Å². The van der Waals surface area contributed by atoms with Crippen LogP contribution in [0.2, 0.25) is 0 Å². The van der Waals surface area contributed by atoms with Gasteiger partial charge in [0.2, 0.25) is 0 Å². The normalized spacial score (nSPS) is 10.4. The molecule has 2 aromatic rings. The number of anilines is 1. The summed E-state index contributed by atoms with van der Waals surface area (Å²) in [5.74, 6) is -0.903. The quantitative estimate of drug-likeness (QED) is 0.833. The van der Waals surface area contributed by atoms with Gasteiger partial charge in [-0.15, -0.1) is 0 Å². The third-order valence-corrected chi connectivity index (χ3v) is 2.76. The standard InChI is InChI=1S/C14H15F2N3O2/c1-9-8-10(21-19-9)4-3-7-17-14(20)18-13-11(15)5-2-6-12(13)16/h2,5-6,8H,3-4,7H2,1H3,(H2,17,18,20). The number of carbonyl (C=O) groups excluding carboxylic acids is 1. The first kappa shape index (κ1) is 15.0. The number of para-hydroxylation sites is 1. The highest BCUT2D eigenvalue weighted by Gasteiger charge is 2.11. The minimum Gasteiger partial charge on any atom is -0.361 e. The number of aromatic nitrogens is 1. The van der Waals surface area contributed by atoms with Crippen molar-refractivity contribution in [3.8, 4) is 0 Å². The van der Waals surface area contributed by atoms with Crippen LogP contribution in [0.3, 0.4) is 0 Å². The van der Waals surface area contributed by atoms with Crippen molar-refractivity contribution in [1.29, 1.82) is 0 Å². The first-order valence-electron chi connectivity index (χ1n) is 6.47. The number of hydrogen-bond acceptors (Lipinski definition) is 3. The zero-order chi connectivity index (χ0) is 15.2. The molecule has 21 heavy (non-hydrogen) atoms. The van der Waals surface area contributed by atoms with Gasteiger partial charge in [0, 0.05) is 19.0 Å². The summed E-state index contributed by atoms with van der Waals surface area (Å²) >= 11 is 0. The molecule has 2 amide bonds. The number of nitrogens with zero attached hydrogens (tertiary/aromatic N) is 1. The molecule has 0 bridgehead atoms. The van der Waals surface area contributed by atoms with Crippen LogP contribution in [0.5, 0.6) is 0 Å². The van der Waals surface area contributed by atoms with Crippen LogP contribution in [0.25, 0.3) is 0 Å². The average Bonchev–Trinajstić information content (AvgIpc) is 2.85. The zero-order valence-electron chi connectivity index (χ0n) is 11.5. The Morgan fingerprint density at radius 1 is 1.33 bits per heavy atom. The van der Waals surface area contributed by atoms with E-state index in [9.17, 15) is 13.6 Å². The van der Waals surface area contributed by atoms with Gasteiger partial charge in [0.15, 0.2) is 0 Å². The van der Waals surface area contributed by atoms with E-state index < -0.39 is 23.4 Å². The van der Waals surface area contributed by atoms with E-state index in [1.807, 2.05) is 13.0 Å². The van der Waals surface area contributed by atoms with E-state index in [0.29, 0.717) is 19.4 Å². The molecule has 0 atom stereocenters. The molecule has 5 nitrogen and oxygen atoms in total. The number of halogens is 2. The van der Waals surface area contributed by atoms with E-state index in [2.05, 4.69) is 15.8 Å². The van der Waals surface area contributed by atoms with Gasteiger partial charge in [-0.2, -0.15) is 0 Å². The van der Waals surface area contributed by atoms with E-state index in [0.717, 1.165) is 23.6 Å². The molecule has 0 saturated carbocycles. The van der Waals surface area contributed by atoms with Crippen molar-refractivity contribution in [1.82, 2.24) is 10.5 Å². The van der Waals surface area contributed by atoms with E-state index >= 15 is 0 Å². The summed E-state index contributed by atoms with van der Waals surface area (Å²) < 4.78 is 31.7. The Kier molecular flexibility index (Phi) is 4.86. The van der Waals surface area contributed by atoms with Crippen molar-refractivity contribution >= 4 is 11.7 Å². The number of aryl methyl sites for hydroxylation is 2. The number of nitrogens with one attached hydrogen (secondary N) is 2. The first-order valence-corrected chi connectivity index (χ1v) is 6.47. The van der Waals surface area contributed by atoms with Gasteiger partial charge in [0.05, 0.1) is 5.69 Å². The molecule has 0 fully saturated rings. The lowest BCUT2D eigenvalue weighted by atomic mass is 10.2. The maximum Gasteiger partial charge on any atom is 0.319 e. The molecule has 1 aromatic carbocycles. The fraction of sp³-hybridized carbons (Fsp3) is 0.286. The summed E-state index contributed by atoms with van der Waals surface area (Å²) in [6, 6.07) is 4.53. The Morgan fingerprint density at radius 3 is 2.67 bits per heavy atom. The zero-order valence-corrected chi connectivity index (χ0v) is 11.5. The van der Waals surface area contributed by atoms with Gasteiger partial charge < -0.3 is 15.2 Å². The number of rotatable bonds is 5. The molecular weight excluding hydrogens is 280 g/mol. The predicted octanol–water partition coefficient (Wildman–Crippen LogP) is 3.02. The molecule has 1 heterocycles. The molecule has 7 heteroatoms. The van der Waals surface area contributed by atoms with Crippen LogP contribution in [0.15, 0.2) is 28.8 Å². The predicted molar refractivity (Wildman–Crippen MR) is 72.9 cm³/mol. The molecule has 0 spiro atoms. The smallest absolute Gasteiger partial charge is 0.319 e. The van der Waals surface area contributed by atoms with Crippen LogP contribution >= 0.6 is 0 Å². The van der Waals surface area contributed by atoms with Crippen molar-refractivity contribution in [2.45, 2.75) is 19.8 Å². The Bertz CT molecular complexity index is 608. The molecule has 0 radical (unpaired) electrons. The first-order chi connectivity index (χ1) is 10.1. The van der Waals surface area contributed by atoms with Crippen LogP contribution in [-0.4, -0.2) is 17.7 Å². The minimum atomic E-state index is -0.817. The highest BCUT2D eigenvalue weighted by Crippen LogP contribution is 2.17. The van der Waals surface area contributed by atoms with Gasteiger partial charge >= 0.3 is 6.03 Å². The van der Waals surface area contributed by atoms with Crippen molar-refractivity contribution in [2.24, 2.45) is 0 Å². The Labute approximate surface area is 120 Å². The summed E-state index contributed by atoms with van der Waals surface area (Å²) in [5, 5.41) is 8.41. The second-order valence-electron chi connectivity index (χ2n) is 4.52. The molecular formula is C14H15F2N3O2. The van der Waals surface area contributed by atoms with Crippen molar-refractivity contribution in [3.05, 3.63) is 47.4 Å². The summed E-state index contributed by atoms with van der Waals surface area (Å²) in [6.07, 6.45) is 1.25. The number of urea groups is 1. The van der Waals surface area contributed by atoms with E-state index in [4.69, 9.17) is 4.52 Å². The SMILES string of the molecule is Cc1cc(CCCNC(=O)Nc2c(F)cccc2F)on1. The van der Waals surface area contributed by atoms with E-state index in [1.165, 1.54) is 6.07 Å². The minimum absolute atomic E-state index is 0.349. The van der Waals surface area contributed by atoms with Gasteiger partial charge in [-0.3, -0.25) is 0 Å². The Morgan fingerprint density at radius 2 is 2.05 bits per heavy atom. The summed E-state index contributed by atoms with van der Waals surface area (Å²) in [4.78, 5) is 11.5. The number of carbonyl (C=O) groups is 1. The molecule has 0 saturated heterocycles. The van der Waals surface area contributed by atoms with Gasteiger partial charge in [0.1, 0.15) is 23.1 Å². The molecule has 112 valence electrons. The largest absolute Gasteiger partial charge is 0.361 e. The molecule has 2 rings (SSSR count). The van der Waals surface area contributed by atoms with Crippen molar-refractivity contribution in [3.63, 3.8) is 0 Å². The monoisotopic (exact) mass is 295 g/mol. The van der Waals surface area contributed by atoms with Gasteiger partial charge in [-0.05, 0) is 25.5 Å². The number of amides is 2. The molecule has 0 aliphatic heterocycles. The molecule has 0 unspecified atom stereocenters. The second kappa shape index (κ2) is 6.83. The molecule has 0 aliphatic carbocycles. The van der Waals surface area contributed by atoms with Crippen LogP contribution in [0.4, 0.5) is 19.3 Å². The molecule has 0 aliphatic rings. The van der Waals surface area contributed by atoms with E-state index in [1.54, 1.807) is 0 Å². The van der Waals surface area contributed by atoms with Crippen LogP contribution in [-0.2, 0) is 6.42 Å². The lowest BCUT2D eigenvalue weighted by Gasteiger charge is -2.08. The maximum atomic E-state index is 13.3. The van der Waals surface area contributed by atoms with Crippen molar-refractivity contribution in [2.75, 3.05) is 11.9 Å². The fourth-order valence-corrected chi connectivity index (χ4v) is 1.77. The highest BCUT2D eigenvalue weighted by molar-refractivity contribution is 5.89. The van der Waals surface area contributed by atoms with Crippen molar-refractivity contribution < 1.29 is 18.1 Å². The summed E-state index contributed by atoms with van der Waals surface area (Å²) in [7, 11) is 0. The van der Waals surface area contributed by atoms with E-state index in [-0.39, 0.29) is 0 Å². The Balaban J connectivity index is 1.75. The lowest BCUT2D eigenvalue weighted by molar-refractivity contribution is 0.251. The van der Waals surface area contributed by atoms with Gasteiger partial charge in [-0.25, -0.2) is 13.6 Å². The van der Waals surface area contributed by atoms with Crippen LogP contribution < -0.4 is 10.6 Å². The number of benzene rings is 1. The fourth-order valence-electron chi connectivity index (χ4n) is 1.77. The Hall–Kier alpha value is -2.44. The van der Waals surface area contributed by atoms with Crippen LogP contribution in [0.1, 0.15) is 17.9 Å². The lowest BCUT2D eigenvalue weighted by Crippen LogP contribution is -2.30. The highest BCUT2D eigenvalue weighted by atomic mass is 19.1. The second-order valence-corrected chi connectivity index (χ2v) is 4.52. The number of hydrogen-bond donors (Lipinski definition) is 2. The molecule has 1 aromatic heterocycles. The average molecular weight is 295 g/mol. The topological polar surface area (TPSA) is 67.2 Å². The summed E-state index contributed by atoms with van der Waals surface area (Å²) in [6.45, 7) is 2.17. The van der Waals surface area contributed by atoms with Gasteiger partial charge in [-0.1, -0.05) is 11.2 Å². The van der Waals surface area contributed by atoms with Crippen LogP contribution in [0, 0.1) is 18.6 Å². The summed E-state index contributed by atoms with van der Waals surface area (Å²) in [5.41, 5.74) is 0.339. The maximum absolute atomic E-state index is 13.3. The third kappa shape index (κ3) is 4.27. The molecule has 2 N–H and O–H groups in total. The third-order valence-electron chi connectivity index (χ3n) is 2.76.